The van der Waals surface area contributed by atoms with E-state index in [4.69, 9.17) is 14.2 Å². The highest BCUT2D eigenvalue weighted by Gasteiger charge is 2.02. The monoisotopic (exact) mass is 336 g/mol. The maximum absolute atomic E-state index is 5.69. The second-order valence-electron chi connectivity index (χ2n) is 4.16. The second-order valence-corrected chi connectivity index (χ2v) is 5.01. The lowest BCUT2D eigenvalue weighted by molar-refractivity contribution is 0.246. The van der Waals surface area contributed by atoms with Crippen LogP contribution in [0.3, 0.4) is 0 Å². The van der Waals surface area contributed by atoms with Gasteiger partial charge in [-0.2, -0.15) is 0 Å². The van der Waals surface area contributed by atoms with Crippen molar-refractivity contribution < 1.29 is 14.2 Å². The van der Waals surface area contributed by atoms with E-state index in [1.54, 1.807) is 7.11 Å². The number of para-hydroxylation sites is 1. The van der Waals surface area contributed by atoms with Crippen molar-refractivity contribution in [2.75, 3.05) is 20.3 Å². The summed E-state index contributed by atoms with van der Waals surface area (Å²) < 4.78 is 17.3. The molecule has 0 aliphatic heterocycles. The lowest BCUT2D eigenvalue weighted by Crippen LogP contribution is -2.05. The Hall–Kier alpha value is -1.68. The van der Waals surface area contributed by atoms with Gasteiger partial charge in [0.1, 0.15) is 17.2 Å². The van der Waals surface area contributed by atoms with Crippen molar-refractivity contribution in [3.63, 3.8) is 0 Å². The summed E-state index contributed by atoms with van der Waals surface area (Å²) in [5, 5.41) is 0. The van der Waals surface area contributed by atoms with Crippen LogP contribution in [0.5, 0.6) is 17.2 Å². The van der Waals surface area contributed by atoms with Crippen molar-refractivity contribution in [3.05, 3.63) is 53.0 Å². The van der Waals surface area contributed by atoms with Crippen LogP contribution in [0.25, 0.3) is 0 Å². The summed E-state index contributed by atoms with van der Waals surface area (Å²) >= 11 is 3.46. The Bertz CT molecular complexity index is 529. The SMILES string of the molecule is COc1ccc(OCCCOc2ccccc2)c(Br)c1. The van der Waals surface area contributed by atoms with Crippen LogP contribution in [0.1, 0.15) is 6.42 Å². The fourth-order valence-corrected chi connectivity index (χ4v) is 2.15. The van der Waals surface area contributed by atoms with Gasteiger partial charge in [-0.3, -0.25) is 0 Å². The molecule has 0 unspecified atom stereocenters. The van der Waals surface area contributed by atoms with Crippen molar-refractivity contribution in [2.45, 2.75) is 6.42 Å². The van der Waals surface area contributed by atoms with Crippen LogP contribution in [-0.4, -0.2) is 20.3 Å². The van der Waals surface area contributed by atoms with Gasteiger partial charge in [0.05, 0.1) is 24.8 Å². The van der Waals surface area contributed by atoms with E-state index < -0.39 is 0 Å². The van der Waals surface area contributed by atoms with Gasteiger partial charge in [-0.05, 0) is 46.3 Å². The van der Waals surface area contributed by atoms with Gasteiger partial charge in [0.15, 0.2) is 0 Å². The van der Waals surface area contributed by atoms with Gasteiger partial charge in [0.2, 0.25) is 0 Å². The molecule has 0 heterocycles. The maximum Gasteiger partial charge on any atom is 0.133 e. The molecule has 0 amide bonds. The minimum absolute atomic E-state index is 0.609. The summed E-state index contributed by atoms with van der Waals surface area (Å²) in [6, 6.07) is 15.4. The highest BCUT2D eigenvalue weighted by Crippen LogP contribution is 2.29. The predicted octanol–water partition coefficient (Wildman–Crippen LogP) is 4.31. The smallest absolute Gasteiger partial charge is 0.133 e. The van der Waals surface area contributed by atoms with Gasteiger partial charge in [-0.1, -0.05) is 18.2 Å². The van der Waals surface area contributed by atoms with E-state index in [1.807, 2.05) is 48.5 Å². The predicted molar refractivity (Wildman–Crippen MR) is 82.7 cm³/mol. The highest BCUT2D eigenvalue weighted by molar-refractivity contribution is 9.10. The minimum Gasteiger partial charge on any atom is -0.497 e. The van der Waals surface area contributed by atoms with Crippen molar-refractivity contribution in [1.82, 2.24) is 0 Å². The molecule has 0 aliphatic carbocycles. The molecule has 0 aromatic heterocycles. The zero-order valence-corrected chi connectivity index (χ0v) is 12.9. The molecule has 106 valence electrons. The number of hydrogen-bond donors (Lipinski definition) is 0. The summed E-state index contributed by atoms with van der Waals surface area (Å²) in [4.78, 5) is 0. The second kappa shape index (κ2) is 7.80. The van der Waals surface area contributed by atoms with E-state index >= 15 is 0 Å². The molecule has 20 heavy (non-hydrogen) atoms. The summed E-state index contributed by atoms with van der Waals surface area (Å²) in [5.41, 5.74) is 0. The molecule has 4 heteroatoms. The molecule has 0 radical (unpaired) electrons. The minimum atomic E-state index is 0.609. The summed E-state index contributed by atoms with van der Waals surface area (Å²) in [5.74, 6) is 2.50. The number of methoxy groups -OCH3 is 1. The first-order valence-corrected chi connectivity index (χ1v) is 7.23. The van der Waals surface area contributed by atoms with Crippen molar-refractivity contribution in [3.8, 4) is 17.2 Å². The molecule has 0 saturated carbocycles. The molecule has 0 bridgehead atoms. The molecule has 0 spiro atoms. The summed E-state index contributed by atoms with van der Waals surface area (Å²) in [6.07, 6.45) is 0.827. The van der Waals surface area contributed by atoms with E-state index in [2.05, 4.69) is 15.9 Å². The number of halogens is 1. The van der Waals surface area contributed by atoms with E-state index in [-0.39, 0.29) is 0 Å². The zero-order valence-electron chi connectivity index (χ0n) is 11.3. The quantitative estimate of drug-likeness (QED) is 0.705. The van der Waals surface area contributed by atoms with Crippen LogP contribution in [0, 0.1) is 0 Å². The lowest BCUT2D eigenvalue weighted by atomic mass is 10.3. The van der Waals surface area contributed by atoms with Crippen LogP contribution < -0.4 is 14.2 Å². The van der Waals surface area contributed by atoms with E-state index in [1.165, 1.54) is 0 Å². The van der Waals surface area contributed by atoms with E-state index in [0.717, 1.165) is 28.1 Å². The first-order chi connectivity index (χ1) is 9.79. The Morgan fingerprint density at radius 2 is 1.65 bits per heavy atom. The van der Waals surface area contributed by atoms with Crippen LogP contribution in [0.4, 0.5) is 0 Å². The molecule has 0 fully saturated rings. The third-order valence-electron chi connectivity index (χ3n) is 2.70. The molecule has 3 nitrogen and oxygen atoms in total. The molecule has 2 aromatic carbocycles. The van der Waals surface area contributed by atoms with Gasteiger partial charge in [-0.15, -0.1) is 0 Å². The van der Waals surface area contributed by atoms with Crippen molar-refractivity contribution >= 4 is 15.9 Å². The third-order valence-corrected chi connectivity index (χ3v) is 3.32. The largest absolute Gasteiger partial charge is 0.497 e. The maximum atomic E-state index is 5.69. The molecule has 0 N–H and O–H groups in total. The molecule has 0 aliphatic rings. The Labute approximate surface area is 127 Å². The van der Waals surface area contributed by atoms with Crippen LogP contribution >= 0.6 is 15.9 Å². The first-order valence-electron chi connectivity index (χ1n) is 6.44. The topological polar surface area (TPSA) is 27.7 Å². The Morgan fingerprint density at radius 1 is 0.900 bits per heavy atom. The Kier molecular flexibility index (Phi) is 5.74. The average molecular weight is 337 g/mol. The van der Waals surface area contributed by atoms with Gasteiger partial charge < -0.3 is 14.2 Å². The molecule has 0 saturated heterocycles. The number of rotatable bonds is 7. The molecule has 2 rings (SSSR count). The Balaban J connectivity index is 1.71. The van der Waals surface area contributed by atoms with Crippen LogP contribution in [-0.2, 0) is 0 Å². The van der Waals surface area contributed by atoms with Gasteiger partial charge in [-0.25, -0.2) is 0 Å². The highest BCUT2D eigenvalue weighted by atomic mass is 79.9. The molecule has 0 atom stereocenters. The van der Waals surface area contributed by atoms with E-state index in [9.17, 15) is 0 Å². The van der Waals surface area contributed by atoms with Crippen LogP contribution in [0.15, 0.2) is 53.0 Å². The fraction of sp³-hybridized carbons (Fsp3) is 0.250. The summed E-state index contributed by atoms with van der Waals surface area (Å²) in [7, 11) is 1.64. The van der Waals surface area contributed by atoms with E-state index in [0.29, 0.717) is 13.2 Å². The van der Waals surface area contributed by atoms with Crippen LogP contribution in [0.2, 0.25) is 0 Å². The number of hydrogen-bond acceptors (Lipinski definition) is 3. The van der Waals surface area contributed by atoms with Gasteiger partial charge in [0.25, 0.3) is 0 Å². The van der Waals surface area contributed by atoms with Crippen molar-refractivity contribution in [2.24, 2.45) is 0 Å². The normalized spacial score (nSPS) is 10.1. The third kappa shape index (κ3) is 4.46. The van der Waals surface area contributed by atoms with Crippen molar-refractivity contribution in [1.29, 1.82) is 0 Å². The van der Waals surface area contributed by atoms with Gasteiger partial charge >= 0.3 is 0 Å². The lowest BCUT2D eigenvalue weighted by Gasteiger charge is -2.10. The van der Waals surface area contributed by atoms with Gasteiger partial charge in [0, 0.05) is 6.42 Å². The summed E-state index contributed by atoms with van der Waals surface area (Å²) in [6.45, 7) is 1.25. The first kappa shape index (κ1) is 14.7. The zero-order chi connectivity index (χ0) is 14.2. The number of ether oxygens (including phenoxy) is 3. The number of benzene rings is 2. The molecule has 2 aromatic rings. The standard InChI is InChI=1S/C16H17BrO3/c1-18-14-8-9-16(15(17)12-14)20-11-5-10-19-13-6-3-2-4-7-13/h2-4,6-9,12H,5,10-11H2,1H3. The average Bonchev–Trinajstić information content (AvgIpc) is 2.49. The molecular weight excluding hydrogens is 320 g/mol. The molecular formula is C16H17BrO3. The Morgan fingerprint density at radius 3 is 2.35 bits per heavy atom. The fourth-order valence-electron chi connectivity index (χ4n) is 1.67.